The molecule has 2 heteroatoms. The second kappa shape index (κ2) is 5.13. The van der Waals surface area contributed by atoms with E-state index in [1.165, 1.54) is 32.1 Å². The number of rotatable bonds is 4. The van der Waals surface area contributed by atoms with Gasteiger partial charge in [0.1, 0.15) is 0 Å². The van der Waals surface area contributed by atoms with Gasteiger partial charge in [-0.25, -0.2) is 0 Å². The van der Waals surface area contributed by atoms with Crippen LogP contribution in [-0.2, 0) is 0 Å². The summed E-state index contributed by atoms with van der Waals surface area (Å²) >= 11 is 0. The fourth-order valence-electron chi connectivity index (χ4n) is 3.03. The molecular formula is C12H23NO. The third-order valence-electron chi connectivity index (χ3n) is 3.85. The molecule has 14 heavy (non-hydrogen) atoms. The molecule has 2 aliphatic rings. The predicted octanol–water partition coefficient (Wildman–Crippen LogP) is 1.93. The van der Waals surface area contributed by atoms with Gasteiger partial charge in [-0.2, -0.15) is 0 Å². The van der Waals surface area contributed by atoms with Crippen LogP contribution in [0.2, 0.25) is 0 Å². The van der Waals surface area contributed by atoms with Crippen LogP contribution in [0.25, 0.3) is 0 Å². The molecule has 2 nitrogen and oxygen atoms in total. The van der Waals surface area contributed by atoms with Crippen LogP contribution in [0.5, 0.6) is 0 Å². The van der Waals surface area contributed by atoms with Crippen LogP contribution in [0.1, 0.15) is 44.9 Å². The molecule has 0 amide bonds. The lowest BCUT2D eigenvalue weighted by Crippen LogP contribution is -2.18. The van der Waals surface area contributed by atoms with E-state index < -0.39 is 0 Å². The summed E-state index contributed by atoms with van der Waals surface area (Å²) in [5, 5.41) is 13.3. The minimum Gasteiger partial charge on any atom is -0.393 e. The van der Waals surface area contributed by atoms with Gasteiger partial charge in [0, 0.05) is 0 Å². The van der Waals surface area contributed by atoms with Gasteiger partial charge in [0.2, 0.25) is 0 Å². The highest BCUT2D eigenvalue weighted by Crippen LogP contribution is 2.30. The second-order valence-electron chi connectivity index (χ2n) is 5.13. The Morgan fingerprint density at radius 1 is 1.07 bits per heavy atom. The zero-order chi connectivity index (χ0) is 9.80. The Balaban J connectivity index is 1.64. The van der Waals surface area contributed by atoms with Crippen LogP contribution in [-0.4, -0.2) is 24.3 Å². The fourth-order valence-corrected chi connectivity index (χ4v) is 3.03. The van der Waals surface area contributed by atoms with Gasteiger partial charge in [-0.05, 0) is 44.2 Å². The van der Waals surface area contributed by atoms with E-state index in [0.29, 0.717) is 0 Å². The van der Waals surface area contributed by atoms with Gasteiger partial charge in [-0.3, -0.25) is 0 Å². The van der Waals surface area contributed by atoms with E-state index in [4.69, 9.17) is 0 Å². The Morgan fingerprint density at radius 3 is 2.43 bits per heavy atom. The minimum atomic E-state index is -0.0250. The summed E-state index contributed by atoms with van der Waals surface area (Å²) in [5.74, 6) is 1.57. The summed E-state index contributed by atoms with van der Waals surface area (Å²) in [6, 6.07) is 0. The van der Waals surface area contributed by atoms with E-state index in [9.17, 15) is 5.11 Å². The fraction of sp³-hybridized carbons (Fsp3) is 1.00. The first-order valence-corrected chi connectivity index (χ1v) is 6.23. The number of hydrogen-bond donors (Lipinski definition) is 2. The van der Waals surface area contributed by atoms with Gasteiger partial charge in [0.05, 0.1) is 6.10 Å². The molecule has 0 aromatic rings. The number of hydrogen-bond acceptors (Lipinski definition) is 2. The molecule has 0 aromatic heterocycles. The molecule has 0 spiro atoms. The smallest absolute Gasteiger partial charge is 0.0546 e. The third-order valence-corrected chi connectivity index (χ3v) is 3.85. The van der Waals surface area contributed by atoms with Gasteiger partial charge in [0.25, 0.3) is 0 Å². The normalized spacial score (nSPS) is 31.1. The van der Waals surface area contributed by atoms with Crippen LogP contribution in [0.4, 0.5) is 0 Å². The van der Waals surface area contributed by atoms with Crippen molar-refractivity contribution in [2.24, 2.45) is 11.8 Å². The Hall–Kier alpha value is -0.0800. The molecule has 2 unspecified atom stereocenters. The maximum absolute atomic E-state index is 9.94. The Kier molecular flexibility index (Phi) is 3.82. The van der Waals surface area contributed by atoms with Crippen molar-refractivity contribution in [2.75, 3.05) is 13.1 Å². The highest BCUT2D eigenvalue weighted by molar-refractivity contribution is 4.77. The summed E-state index contributed by atoms with van der Waals surface area (Å²) in [7, 11) is 0. The maximum Gasteiger partial charge on any atom is 0.0546 e. The molecule has 2 atom stereocenters. The van der Waals surface area contributed by atoms with Crippen molar-refractivity contribution in [3.63, 3.8) is 0 Å². The number of aliphatic hydroxyl groups is 1. The molecule has 2 fully saturated rings. The highest BCUT2D eigenvalue weighted by atomic mass is 16.3. The van der Waals surface area contributed by atoms with Crippen molar-refractivity contribution in [2.45, 2.75) is 51.0 Å². The molecular weight excluding hydrogens is 174 g/mol. The van der Waals surface area contributed by atoms with Crippen LogP contribution in [0.3, 0.4) is 0 Å². The number of aliphatic hydroxyl groups excluding tert-OH is 1. The van der Waals surface area contributed by atoms with E-state index in [1.54, 1.807) is 0 Å². The lowest BCUT2D eigenvalue weighted by Gasteiger charge is -2.18. The van der Waals surface area contributed by atoms with Gasteiger partial charge in [-0.15, -0.1) is 0 Å². The third kappa shape index (κ3) is 2.96. The molecule has 0 aromatic carbocycles. The summed E-state index contributed by atoms with van der Waals surface area (Å²) in [6.07, 6.45) is 8.84. The zero-order valence-corrected chi connectivity index (χ0v) is 9.04. The molecule has 1 aliphatic heterocycles. The van der Waals surface area contributed by atoms with E-state index in [1.807, 2.05) is 0 Å². The Labute approximate surface area is 87.1 Å². The lowest BCUT2D eigenvalue weighted by atomic mass is 9.93. The van der Waals surface area contributed by atoms with Crippen LogP contribution in [0.15, 0.2) is 0 Å². The molecule has 1 aliphatic carbocycles. The minimum absolute atomic E-state index is 0.0250. The van der Waals surface area contributed by atoms with Crippen molar-refractivity contribution in [3.05, 3.63) is 0 Å². The first-order valence-electron chi connectivity index (χ1n) is 6.23. The van der Waals surface area contributed by atoms with Crippen molar-refractivity contribution in [1.82, 2.24) is 5.32 Å². The van der Waals surface area contributed by atoms with Crippen molar-refractivity contribution in [1.29, 1.82) is 0 Å². The summed E-state index contributed by atoms with van der Waals surface area (Å²) < 4.78 is 0. The monoisotopic (exact) mass is 197 g/mol. The van der Waals surface area contributed by atoms with Gasteiger partial charge >= 0.3 is 0 Å². The van der Waals surface area contributed by atoms with E-state index >= 15 is 0 Å². The molecule has 0 bridgehead atoms. The summed E-state index contributed by atoms with van der Waals surface area (Å²) in [5.41, 5.74) is 0. The van der Waals surface area contributed by atoms with E-state index in [2.05, 4.69) is 5.32 Å². The average Bonchev–Trinajstić information content (AvgIpc) is 2.76. The molecule has 1 saturated carbocycles. The van der Waals surface area contributed by atoms with E-state index in [-0.39, 0.29) is 6.10 Å². The molecule has 0 radical (unpaired) electrons. The molecule has 2 rings (SSSR count). The van der Waals surface area contributed by atoms with Crippen LogP contribution < -0.4 is 5.32 Å². The molecule has 1 saturated heterocycles. The topological polar surface area (TPSA) is 32.3 Å². The van der Waals surface area contributed by atoms with Crippen molar-refractivity contribution >= 4 is 0 Å². The predicted molar refractivity (Wildman–Crippen MR) is 58.2 cm³/mol. The zero-order valence-electron chi connectivity index (χ0n) is 9.04. The van der Waals surface area contributed by atoms with Crippen molar-refractivity contribution < 1.29 is 5.11 Å². The SMILES string of the molecule is OC(CC1CCCC1)CC1CCNC1. The molecule has 2 N–H and O–H groups in total. The molecule has 82 valence electrons. The van der Waals surface area contributed by atoms with E-state index in [0.717, 1.165) is 37.8 Å². The second-order valence-corrected chi connectivity index (χ2v) is 5.13. The lowest BCUT2D eigenvalue weighted by molar-refractivity contribution is 0.117. The van der Waals surface area contributed by atoms with Crippen LogP contribution >= 0.6 is 0 Å². The largest absolute Gasteiger partial charge is 0.393 e. The van der Waals surface area contributed by atoms with Crippen molar-refractivity contribution in [3.8, 4) is 0 Å². The maximum atomic E-state index is 9.94. The van der Waals surface area contributed by atoms with Gasteiger partial charge in [0.15, 0.2) is 0 Å². The quantitative estimate of drug-likeness (QED) is 0.722. The highest BCUT2D eigenvalue weighted by Gasteiger charge is 2.22. The first kappa shape index (κ1) is 10.4. The Morgan fingerprint density at radius 2 is 1.79 bits per heavy atom. The van der Waals surface area contributed by atoms with Gasteiger partial charge in [-0.1, -0.05) is 25.7 Å². The summed E-state index contributed by atoms with van der Waals surface area (Å²) in [4.78, 5) is 0. The average molecular weight is 197 g/mol. The standard InChI is InChI=1S/C12H23NO/c14-12(7-10-3-1-2-4-10)8-11-5-6-13-9-11/h10-14H,1-9H2. The van der Waals surface area contributed by atoms with Gasteiger partial charge < -0.3 is 10.4 Å². The molecule has 1 heterocycles. The van der Waals surface area contributed by atoms with Crippen LogP contribution in [0, 0.1) is 11.8 Å². The summed E-state index contributed by atoms with van der Waals surface area (Å²) in [6.45, 7) is 2.28. The number of nitrogens with one attached hydrogen (secondary N) is 1. The first-order chi connectivity index (χ1) is 6.84. The Bertz CT molecular complexity index is 142.